The van der Waals surface area contributed by atoms with Gasteiger partial charge >= 0.3 is 0 Å². The highest BCUT2D eigenvalue weighted by Gasteiger charge is 2.25. The molecule has 1 saturated heterocycles. The molecule has 0 amide bonds. The average Bonchev–Trinajstić information content (AvgIpc) is 3.07. The fourth-order valence-electron chi connectivity index (χ4n) is 2.82. The van der Waals surface area contributed by atoms with Gasteiger partial charge in [0.05, 0.1) is 19.3 Å². The quantitative estimate of drug-likeness (QED) is 0.837. The van der Waals surface area contributed by atoms with Crippen molar-refractivity contribution in [1.82, 2.24) is 24.2 Å². The van der Waals surface area contributed by atoms with Crippen molar-refractivity contribution in [2.24, 2.45) is 7.05 Å². The molecule has 0 radical (unpaired) electrons. The first-order chi connectivity index (χ1) is 9.22. The van der Waals surface area contributed by atoms with Crippen LogP contribution >= 0.6 is 0 Å². The lowest BCUT2D eigenvalue weighted by Crippen LogP contribution is -2.33. The highest BCUT2D eigenvalue weighted by Crippen LogP contribution is 2.20. The van der Waals surface area contributed by atoms with E-state index in [1.807, 2.05) is 18.6 Å². The van der Waals surface area contributed by atoms with Gasteiger partial charge in [0.15, 0.2) is 0 Å². The Bertz CT molecular complexity index is 542. The van der Waals surface area contributed by atoms with Crippen molar-refractivity contribution >= 4 is 0 Å². The van der Waals surface area contributed by atoms with Crippen LogP contribution in [0.2, 0.25) is 0 Å². The SMILES string of the molecule is Cc1cnn(C[C@H]2CCCN2Cc2nccn2C)c1. The Morgan fingerprint density at radius 3 is 3.00 bits per heavy atom. The largest absolute Gasteiger partial charge is 0.337 e. The predicted molar refractivity (Wildman–Crippen MR) is 73.6 cm³/mol. The van der Waals surface area contributed by atoms with Crippen LogP contribution < -0.4 is 0 Å². The predicted octanol–water partition coefficient (Wildman–Crippen LogP) is 1.59. The molecule has 102 valence electrons. The first kappa shape index (κ1) is 12.4. The maximum absolute atomic E-state index is 4.42. The van der Waals surface area contributed by atoms with Crippen molar-refractivity contribution in [2.75, 3.05) is 6.54 Å². The van der Waals surface area contributed by atoms with Gasteiger partial charge in [-0.3, -0.25) is 9.58 Å². The summed E-state index contributed by atoms with van der Waals surface area (Å²) in [6, 6.07) is 0.580. The number of hydrogen-bond acceptors (Lipinski definition) is 3. The summed E-state index contributed by atoms with van der Waals surface area (Å²) in [7, 11) is 2.06. The maximum atomic E-state index is 4.42. The fourth-order valence-corrected chi connectivity index (χ4v) is 2.82. The molecule has 5 nitrogen and oxygen atoms in total. The second-order valence-electron chi connectivity index (χ2n) is 5.46. The van der Waals surface area contributed by atoms with Crippen molar-refractivity contribution < 1.29 is 0 Å². The van der Waals surface area contributed by atoms with E-state index in [1.165, 1.54) is 18.4 Å². The van der Waals surface area contributed by atoms with Crippen LogP contribution in [-0.2, 0) is 20.1 Å². The molecular formula is C14H21N5. The number of hydrogen-bond donors (Lipinski definition) is 0. The molecule has 0 unspecified atom stereocenters. The van der Waals surface area contributed by atoms with Gasteiger partial charge in [0.25, 0.3) is 0 Å². The zero-order chi connectivity index (χ0) is 13.2. The molecule has 0 N–H and O–H groups in total. The van der Waals surface area contributed by atoms with Crippen molar-refractivity contribution in [3.05, 3.63) is 36.2 Å². The third-order valence-electron chi connectivity index (χ3n) is 3.92. The summed E-state index contributed by atoms with van der Waals surface area (Å²) in [6.45, 7) is 5.17. The standard InChI is InChI=1S/C14H21N5/c1-12-8-16-19(9-12)10-13-4-3-6-18(13)11-14-15-5-7-17(14)2/h5,7-9,13H,3-4,6,10-11H2,1-2H3/t13-/m1/s1. The number of aromatic nitrogens is 4. The number of rotatable bonds is 4. The highest BCUT2D eigenvalue weighted by atomic mass is 15.3. The molecule has 1 aliphatic rings. The van der Waals surface area contributed by atoms with Gasteiger partial charge < -0.3 is 4.57 Å². The van der Waals surface area contributed by atoms with E-state index in [9.17, 15) is 0 Å². The maximum Gasteiger partial charge on any atom is 0.122 e. The van der Waals surface area contributed by atoms with Crippen LogP contribution in [0.1, 0.15) is 24.2 Å². The molecule has 0 spiro atoms. The number of likely N-dealkylation sites (tertiary alicyclic amines) is 1. The first-order valence-corrected chi connectivity index (χ1v) is 6.91. The topological polar surface area (TPSA) is 38.9 Å². The molecule has 0 aromatic carbocycles. The molecule has 5 heteroatoms. The zero-order valence-corrected chi connectivity index (χ0v) is 11.7. The van der Waals surface area contributed by atoms with Gasteiger partial charge in [-0.15, -0.1) is 0 Å². The van der Waals surface area contributed by atoms with Gasteiger partial charge in [0.2, 0.25) is 0 Å². The molecule has 2 aromatic rings. The summed E-state index contributed by atoms with van der Waals surface area (Å²) in [6.07, 6.45) is 10.5. The van der Waals surface area contributed by atoms with E-state index in [4.69, 9.17) is 0 Å². The van der Waals surface area contributed by atoms with Gasteiger partial charge in [-0.05, 0) is 31.9 Å². The molecule has 2 aromatic heterocycles. The zero-order valence-electron chi connectivity index (χ0n) is 11.7. The van der Waals surface area contributed by atoms with E-state index >= 15 is 0 Å². The van der Waals surface area contributed by atoms with Crippen LogP contribution in [0.3, 0.4) is 0 Å². The van der Waals surface area contributed by atoms with E-state index in [-0.39, 0.29) is 0 Å². The number of imidazole rings is 1. The van der Waals surface area contributed by atoms with Crippen molar-refractivity contribution in [2.45, 2.75) is 38.9 Å². The molecule has 1 atom stereocenters. The van der Waals surface area contributed by atoms with Gasteiger partial charge in [-0.1, -0.05) is 0 Å². The molecular weight excluding hydrogens is 238 g/mol. The van der Waals surface area contributed by atoms with Crippen LogP contribution in [0, 0.1) is 6.92 Å². The Morgan fingerprint density at radius 1 is 1.42 bits per heavy atom. The van der Waals surface area contributed by atoms with Crippen LogP contribution in [-0.4, -0.2) is 36.8 Å². The van der Waals surface area contributed by atoms with E-state index in [0.29, 0.717) is 6.04 Å². The lowest BCUT2D eigenvalue weighted by Gasteiger charge is -2.24. The lowest BCUT2D eigenvalue weighted by molar-refractivity contribution is 0.212. The fraction of sp³-hybridized carbons (Fsp3) is 0.571. The van der Waals surface area contributed by atoms with Crippen LogP contribution in [0.4, 0.5) is 0 Å². The average molecular weight is 259 g/mol. The molecule has 1 fully saturated rings. The van der Waals surface area contributed by atoms with E-state index in [0.717, 1.165) is 25.5 Å². The van der Waals surface area contributed by atoms with Crippen LogP contribution in [0.5, 0.6) is 0 Å². The summed E-state index contributed by atoms with van der Waals surface area (Å²) >= 11 is 0. The lowest BCUT2D eigenvalue weighted by atomic mass is 10.2. The second kappa shape index (κ2) is 5.17. The van der Waals surface area contributed by atoms with Crippen LogP contribution in [0.25, 0.3) is 0 Å². The number of aryl methyl sites for hydroxylation is 2. The Hall–Kier alpha value is -1.62. The van der Waals surface area contributed by atoms with Gasteiger partial charge in [0.1, 0.15) is 5.82 Å². The van der Waals surface area contributed by atoms with Crippen LogP contribution in [0.15, 0.2) is 24.8 Å². The van der Waals surface area contributed by atoms with Gasteiger partial charge in [-0.25, -0.2) is 4.98 Å². The van der Waals surface area contributed by atoms with E-state index in [1.54, 1.807) is 0 Å². The van der Waals surface area contributed by atoms with Gasteiger partial charge in [0, 0.05) is 31.7 Å². The molecule has 1 aliphatic heterocycles. The summed E-state index contributed by atoms with van der Waals surface area (Å²) in [4.78, 5) is 6.95. The summed E-state index contributed by atoms with van der Waals surface area (Å²) < 4.78 is 4.17. The normalized spacial score (nSPS) is 20.2. The highest BCUT2D eigenvalue weighted by molar-refractivity contribution is 5.00. The molecule has 0 bridgehead atoms. The van der Waals surface area contributed by atoms with E-state index in [2.05, 4.69) is 44.4 Å². The third kappa shape index (κ3) is 2.71. The second-order valence-corrected chi connectivity index (χ2v) is 5.46. The third-order valence-corrected chi connectivity index (χ3v) is 3.92. The minimum Gasteiger partial charge on any atom is -0.337 e. The Morgan fingerprint density at radius 2 is 2.32 bits per heavy atom. The molecule has 3 rings (SSSR count). The summed E-state index contributed by atoms with van der Waals surface area (Å²) in [5, 5.41) is 4.40. The Kier molecular flexibility index (Phi) is 3.38. The number of nitrogens with zero attached hydrogens (tertiary/aromatic N) is 5. The minimum atomic E-state index is 0.580. The van der Waals surface area contributed by atoms with Crippen molar-refractivity contribution in [3.63, 3.8) is 0 Å². The van der Waals surface area contributed by atoms with Gasteiger partial charge in [-0.2, -0.15) is 5.10 Å². The molecule has 19 heavy (non-hydrogen) atoms. The summed E-state index contributed by atoms with van der Waals surface area (Å²) in [5.74, 6) is 1.14. The monoisotopic (exact) mass is 259 g/mol. The van der Waals surface area contributed by atoms with Crippen molar-refractivity contribution in [3.8, 4) is 0 Å². The molecule has 3 heterocycles. The Balaban J connectivity index is 1.66. The minimum absolute atomic E-state index is 0.580. The van der Waals surface area contributed by atoms with Crippen molar-refractivity contribution in [1.29, 1.82) is 0 Å². The van der Waals surface area contributed by atoms with E-state index < -0.39 is 0 Å². The molecule has 0 aliphatic carbocycles. The summed E-state index contributed by atoms with van der Waals surface area (Å²) in [5.41, 5.74) is 1.23. The molecule has 0 saturated carbocycles. The smallest absolute Gasteiger partial charge is 0.122 e. The Labute approximate surface area is 113 Å². The first-order valence-electron chi connectivity index (χ1n) is 6.91.